The zero-order valence-electron chi connectivity index (χ0n) is 9.20. The fourth-order valence-electron chi connectivity index (χ4n) is 1.96. The van der Waals surface area contributed by atoms with Crippen molar-refractivity contribution in [3.05, 3.63) is 0 Å². The Morgan fingerprint density at radius 1 is 1.60 bits per heavy atom. The van der Waals surface area contributed by atoms with Crippen molar-refractivity contribution in [1.82, 2.24) is 4.90 Å². The summed E-state index contributed by atoms with van der Waals surface area (Å²) in [5.41, 5.74) is -0.560. The van der Waals surface area contributed by atoms with Gasteiger partial charge in [0.25, 0.3) is 0 Å². The summed E-state index contributed by atoms with van der Waals surface area (Å²) in [4.78, 5) is 13.2. The van der Waals surface area contributed by atoms with Gasteiger partial charge in [0.15, 0.2) is 0 Å². The average Bonchev–Trinajstić information content (AvgIpc) is 2.57. The van der Waals surface area contributed by atoms with Crippen LogP contribution in [-0.4, -0.2) is 35.6 Å². The summed E-state index contributed by atoms with van der Waals surface area (Å²) in [5.74, 6) is -0.693. The molecule has 84 valence electrons. The molecule has 1 atom stereocenters. The third kappa shape index (κ3) is 3.21. The van der Waals surface area contributed by atoms with Crippen LogP contribution in [0.3, 0.4) is 0 Å². The monoisotopic (exact) mass is 210 g/mol. The number of rotatable bonds is 5. The Labute approximate surface area is 90.5 Å². The van der Waals surface area contributed by atoms with Crippen molar-refractivity contribution in [2.75, 3.05) is 19.6 Å². The van der Waals surface area contributed by atoms with Gasteiger partial charge in [0.2, 0.25) is 0 Å². The lowest BCUT2D eigenvalue weighted by atomic mass is 9.90. The molecule has 1 aliphatic rings. The van der Waals surface area contributed by atoms with Gasteiger partial charge >= 0.3 is 5.97 Å². The summed E-state index contributed by atoms with van der Waals surface area (Å²) in [6, 6.07) is 2.11. The predicted molar refractivity (Wildman–Crippen MR) is 56.3 cm³/mol. The standard InChI is InChI=1S/C11H18N2O2/c1-11(10(14)15)5-8-13(9-11)7-4-2-3-6-12/h2-5,7-9H2,1H3,(H,14,15). The van der Waals surface area contributed by atoms with E-state index in [2.05, 4.69) is 11.0 Å². The van der Waals surface area contributed by atoms with E-state index in [4.69, 9.17) is 10.4 Å². The van der Waals surface area contributed by atoms with E-state index in [0.29, 0.717) is 13.0 Å². The number of aliphatic carboxylic acids is 1. The molecule has 0 aromatic heterocycles. The molecule has 1 unspecified atom stereocenters. The largest absolute Gasteiger partial charge is 0.481 e. The Bertz CT molecular complexity index is 272. The first-order valence-corrected chi connectivity index (χ1v) is 5.41. The Balaban J connectivity index is 2.25. The highest BCUT2D eigenvalue weighted by Crippen LogP contribution is 2.30. The number of nitrogens with zero attached hydrogens (tertiary/aromatic N) is 2. The van der Waals surface area contributed by atoms with E-state index in [9.17, 15) is 4.79 Å². The molecule has 0 aromatic carbocycles. The van der Waals surface area contributed by atoms with Gasteiger partial charge in [0, 0.05) is 13.0 Å². The van der Waals surface area contributed by atoms with Crippen molar-refractivity contribution in [2.24, 2.45) is 5.41 Å². The maximum Gasteiger partial charge on any atom is 0.310 e. The van der Waals surface area contributed by atoms with Crippen LogP contribution in [0.4, 0.5) is 0 Å². The molecule has 1 rings (SSSR count). The minimum atomic E-state index is -0.693. The van der Waals surface area contributed by atoms with Gasteiger partial charge in [-0.2, -0.15) is 5.26 Å². The average molecular weight is 210 g/mol. The number of hydrogen-bond donors (Lipinski definition) is 1. The summed E-state index contributed by atoms with van der Waals surface area (Å²) in [6.45, 7) is 4.25. The Kier molecular flexibility index (Phi) is 4.10. The number of carboxylic acids is 1. The van der Waals surface area contributed by atoms with Crippen molar-refractivity contribution in [3.63, 3.8) is 0 Å². The van der Waals surface area contributed by atoms with Crippen LogP contribution in [-0.2, 0) is 4.79 Å². The molecule has 0 radical (unpaired) electrons. The minimum absolute atomic E-state index is 0.560. The molecule has 4 heteroatoms. The predicted octanol–water partition coefficient (Wildman–Crippen LogP) is 1.48. The fourth-order valence-corrected chi connectivity index (χ4v) is 1.96. The van der Waals surface area contributed by atoms with Gasteiger partial charge in [-0.1, -0.05) is 0 Å². The molecule has 1 N–H and O–H groups in total. The van der Waals surface area contributed by atoms with Gasteiger partial charge in [-0.05, 0) is 39.3 Å². The first-order valence-electron chi connectivity index (χ1n) is 5.41. The van der Waals surface area contributed by atoms with E-state index in [-0.39, 0.29) is 0 Å². The molecular weight excluding hydrogens is 192 g/mol. The van der Waals surface area contributed by atoms with Gasteiger partial charge in [-0.15, -0.1) is 0 Å². The minimum Gasteiger partial charge on any atom is -0.481 e. The molecule has 1 heterocycles. The van der Waals surface area contributed by atoms with Gasteiger partial charge in [-0.25, -0.2) is 0 Å². The summed E-state index contributed by atoms with van der Waals surface area (Å²) in [7, 11) is 0. The van der Waals surface area contributed by atoms with E-state index < -0.39 is 11.4 Å². The summed E-state index contributed by atoms with van der Waals surface area (Å²) >= 11 is 0. The summed E-state index contributed by atoms with van der Waals surface area (Å²) in [5, 5.41) is 17.4. The Hall–Kier alpha value is -1.08. The normalized spacial score (nSPS) is 26.4. The third-order valence-electron chi connectivity index (χ3n) is 3.08. The molecule has 4 nitrogen and oxygen atoms in total. The van der Waals surface area contributed by atoms with Crippen LogP contribution in [0.2, 0.25) is 0 Å². The maximum absolute atomic E-state index is 11.0. The second-order valence-corrected chi connectivity index (χ2v) is 4.51. The number of hydrogen-bond acceptors (Lipinski definition) is 3. The number of carbonyl (C=O) groups is 1. The number of unbranched alkanes of at least 4 members (excludes halogenated alkanes) is 2. The quantitative estimate of drug-likeness (QED) is 0.698. The third-order valence-corrected chi connectivity index (χ3v) is 3.08. The van der Waals surface area contributed by atoms with Crippen LogP contribution < -0.4 is 0 Å². The van der Waals surface area contributed by atoms with Crippen molar-refractivity contribution >= 4 is 5.97 Å². The first kappa shape index (κ1) is 12.0. The van der Waals surface area contributed by atoms with Crippen molar-refractivity contribution in [1.29, 1.82) is 5.26 Å². The summed E-state index contributed by atoms with van der Waals surface area (Å²) in [6.07, 6.45) is 3.24. The number of nitriles is 1. The highest BCUT2D eigenvalue weighted by Gasteiger charge is 2.39. The topological polar surface area (TPSA) is 64.3 Å². The second-order valence-electron chi connectivity index (χ2n) is 4.51. The van der Waals surface area contributed by atoms with E-state index in [0.717, 1.165) is 32.4 Å². The maximum atomic E-state index is 11.0. The van der Waals surface area contributed by atoms with Gasteiger partial charge in [0.05, 0.1) is 11.5 Å². The smallest absolute Gasteiger partial charge is 0.310 e. The van der Waals surface area contributed by atoms with Crippen LogP contribution >= 0.6 is 0 Å². The van der Waals surface area contributed by atoms with Crippen LogP contribution in [0.25, 0.3) is 0 Å². The molecule has 1 aliphatic heterocycles. The van der Waals surface area contributed by atoms with E-state index in [1.54, 1.807) is 0 Å². The molecule has 0 spiro atoms. The number of carboxylic acid groups (broad SMARTS) is 1. The van der Waals surface area contributed by atoms with Gasteiger partial charge < -0.3 is 10.0 Å². The van der Waals surface area contributed by atoms with Crippen LogP contribution in [0.15, 0.2) is 0 Å². The molecule has 0 bridgehead atoms. The highest BCUT2D eigenvalue weighted by molar-refractivity contribution is 5.74. The fraction of sp³-hybridized carbons (Fsp3) is 0.818. The lowest BCUT2D eigenvalue weighted by Crippen LogP contribution is -2.32. The molecule has 0 saturated carbocycles. The van der Waals surface area contributed by atoms with E-state index in [1.165, 1.54) is 0 Å². The molecular formula is C11H18N2O2. The van der Waals surface area contributed by atoms with E-state index >= 15 is 0 Å². The SMILES string of the molecule is CC1(C(=O)O)CCN(CCCCC#N)C1. The molecule has 1 fully saturated rings. The van der Waals surface area contributed by atoms with Crippen LogP contribution in [0, 0.1) is 16.7 Å². The zero-order valence-corrected chi connectivity index (χ0v) is 9.20. The van der Waals surface area contributed by atoms with Gasteiger partial charge in [0.1, 0.15) is 0 Å². The molecule has 0 amide bonds. The summed E-state index contributed by atoms with van der Waals surface area (Å²) < 4.78 is 0. The van der Waals surface area contributed by atoms with E-state index in [1.807, 2.05) is 6.92 Å². The molecule has 1 saturated heterocycles. The lowest BCUT2D eigenvalue weighted by molar-refractivity contribution is -0.147. The highest BCUT2D eigenvalue weighted by atomic mass is 16.4. The first-order chi connectivity index (χ1) is 7.08. The molecule has 15 heavy (non-hydrogen) atoms. The van der Waals surface area contributed by atoms with Crippen molar-refractivity contribution in [2.45, 2.75) is 32.6 Å². The number of likely N-dealkylation sites (tertiary alicyclic amines) is 1. The van der Waals surface area contributed by atoms with Crippen LogP contribution in [0.1, 0.15) is 32.6 Å². The second kappa shape index (κ2) is 5.13. The Morgan fingerprint density at radius 3 is 2.87 bits per heavy atom. The lowest BCUT2D eigenvalue weighted by Gasteiger charge is -2.19. The van der Waals surface area contributed by atoms with Crippen molar-refractivity contribution < 1.29 is 9.90 Å². The van der Waals surface area contributed by atoms with Crippen molar-refractivity contribution in [3.8, 4) is 6.07 Å². The van der Waals surface area contributed by atoms with Crippen LogP contribution in [0.5, 0.6) is 0 Å². The van der Waals surface area contributed by atoms with Gasteiger partial charge in [-0.3, -0.25) is 4.79 Å². The molecule has 0 aromatic rings. The zero-order chi connectivity index (χ0) is 11.3. The Morgan fingerprint density at radius 2 is 2.33 bits per heavy atom. The molecule has 0 aliphatic carbocycles.